The minimum atomic E-state index is -0.648. The number of fused-ring (bicyclic) bond motifs is 1. The number of nitrogens with one attached hydrogen (secondary N) is 1. The normalized spacial score (nSPS) is 15.4. The van der Waals surface area contributed by atoms with Crippen molar-refractivity contribution < 1.29 is 14.3 Å². The van der Waals surface area contributed by atoms with Crippen LogP contribution in [0.3, 0.4) is 0 Å². The molecule has 0 radical (unpaired) electrons. The highest BCUT2D eigenvalue weighted by Gasteiger charge is 2.47. The van der Waals surface area contributed by atoms with Gasteiger partial charge in [0.05, 0.1) is 5.41 Å². The first-order valence-corrected chi connectivity index (χ1v) is 9.00. The van der Waals surface area contributed by atoms with Gasteiger partial charge in [0, 0.05) is 27.7 Å². The molecule has 1 aromatic heterocycles. The van der Waals surface area contributed by atoms with Crippen LogP contribution >= 0.6 is 11.6 Å². The molecular formula is C21H18ClNO3. The lowest BCUT2D eigenvalue weighted by molar-refractivity contribution is -0.153. The Morgan fingerprint density at radius 2 is 1.81 bits per heavy atom. The summed E-state index contributed by atoms with van der Waals surface area (Å²) in [5.74, 6) is -0.541. The largest absolute Gasteiger partial charge is 0.457 e. The van der Waals surface area contributed by atoms with Crippen LogP contribution in [0, 0.1) is 0 Å². The van der Waals surface area contributed by atoms with Crippen molar-refractivity contribution in [2.45, 2.75) is 24.7 Å². The van der Waals surface area contributed by atoms with Crippen molar-refractivity contribution in [2.24, 2.45) is 0 Å². The van der Waals surface area contributed by atoms with Crippen LogP contribution in [0.5, 0.6) is 0 Å². The number of esters is 1. The summed E-state index contributed by atoms with van der Waals surface area (Å²) in [6.45, 7) is -0.254. The highest BCUT2D eigenvalue weighted by molar-refractivity contribution is 6.30. The van der Waals surface area contributed by atoms with Gasteiger partial charge in [-0.15, -0.1) is 0 Å². The van der Waals surface area contributed by atoms with E-state index in [4.69, 9.17) is 16.3 Å². The van der Waals surface area contributed by atoms with Crippen molar-refractivity contribution in [3.63, 3.8) is 0 Å². The fourth-order valence-electron chi connectivity index (χ4n) is 3.56. The molecule has 1 N–H and O–H groups in total. The van der Waals surface area contributed by atoms with Crippen LogP contribution in [-0.4, -0.2) is 23.3 Å². The zero-order chi connectivity index (χ0) is 18.1. The molecule has 0 amide bonds. The number of halogens is 1. The summed E-state index contributed by atoms with van der Waals surface area (Å²) in [6, 6.07) is 14.9. The highest BCUT2D eigenvalue weighted by Crippen LogP contribution is 2.45. The number of ketones is 1. The SMILES string of the molecule is O=C(COC(=O)C1(c2ccc(Cl)cc2)CCC1)c1c[nH]c2ccccc12. The molecule has 4 nitrogen and oxygen atoms in total. The molecule has 1 heterocycles. The highest BCUT2D eigenvalue weighted by atomic mass is 35.5. The van der Waals surface area contributed by atoms with Crippen LogP contribution < -0.4 is 0 Å². The number of Topliss-reactive ketones (excluding diaryl/α,β-unsaturated/α-hetero) is 1. The first-order valence-electron chi connectivity index (χ1n) is 8.63. The number of para-hydroxylation sites is 1. The van der Waals surface area contributed by atoms with Crippen molar-refractivity contribution in [1.82, 2.24) is 4.98 Å². The Hall–Kier alpha value is -2.59. The molecule has 1 fully saturated rings. The van der Waals surface area contributed by atoms with Crippen molar-refractivity contribution in [2.75, 3.05) is 6.61 Å². The summed E-state index contributed by atoms with van der Waals surface area (Å²) in [5.41, 5.74) is 1.68. The van der Waals surface area contributed by atoms with Crippen LogP contribution in [0.25, 0.3) is 10.9 Å². The third-order valence-corrected chi connectivity index (χ3v) is 5.47. The summed E-state index contributed by atoms with van der Waals surface area (Å²) in [7, 11) is 0. The smallest absolute Gasteiger partial charge is 0.317 e. The second kappa shape index (κ2) is 6.61. The summed E-state index contributed by atoms with van der Waals surface area (Å²) < 4.78 is 5.43. The Balaban J connectivity index is 1.49. The van der Waals surface area contributed by atoms with Crippen LogP contribution in [0.1, 0.15) is 35.2 Å². The van der Waals surface area contributed by atoms with E-state index in [1.165, 1.54) is 0 Å². The molecule has 0 bridgehead atoms. The molecule has 26 heavy (non-hydrogen) atoms. The first kappa shape index (κ1) is 16.9. The van der Waals surface area contributed by atoms with E-state index in [2.05, 4.69) is 4.98 Å². The second-order valence-corrected chi connectivity index (χ2v) is 7.13. The minimum Gasteiger partial charge on any atom is -0.457 e. The third-order valence-electron chi connectivity index (χ3n) is 5.22. The second-order valence-electron chi connectivity index (χ2n) is 6.69. The Bertz CT molecular complexity index is 970. The maximum atomic E-state index is 12.8. The number of aromatic amines is 1. The molecular weight excluding hydrogens is 350 g/mol. The number of H-pyrrole nitrogens is 1. The van der Waals surface area contributed by atoms with E-state index < -0.39 is 5.41 Å². The number of aromatic nitrogens is 1. The van der Waals surface area contributed by atoms with Crippen molar-refractivity contribution in [3.8, 4) is 0 Å². The van der Waals surface area contributed by atoms with Gasteiger partial charge < -0.3 is 9.72 Å². The molecule has 132 valence electrons. The lowest BCUT2D eigenvalue weighted by Crippen LogP contribution is -2.44. The minimum absolute atomic E-state index is 0.207. The van der Waals surface area contributed by atoms with Gasteiger partial charge in [-0.2, -0.15) is 0 Å². The van der Waals surface area contributed by atoms with E-state index in [9.17, 15) is 9.59 Å². The summed E-state index contributed by atoms with van der Waals surface area (Å²) in [5, 5.41) is 1.47. The van der Waals surface area contributed by atoms with Crippen molar-refractivity contribution in [3.05, 3.63) is 70.9 Å². The molecule has 4 rings (SSSR count). The van der Waals surface area contributed by atoms with E-state index in [0.29, 0.717) is 10.6 Å². The number of carbonyl (C=O) groups excluding carboxylic acids is 2. The number of hydrogen-bond acceptors (Lipinski definition) is 3. The standard InChI is InChI=1S/C21H18ClNO3/c22-15-8-6-14(7-9-15)21(10-3-11-21)20(25)26-13-19(24)17-12-23-18-5-2-1-4-16(17)18/h1-2,4-9,12,23H,3,10-11,13H2. The number of ether oxygens (including phenoxy) is 1. The van der Waals surface area contributed by atoms with Gasteiger partial charge in [-0.05, 0) is 36.6 Å². The number of benzene rings is 2. The maximum Gasteiger partial charge on any atom is 0.317 e. The zero-order valence-electron chi connectivity index (χ0n) is 14.1. The van der Waals surface area contributed by atoms with E-state index in [-0.39, 0.29) is 18.4 Å². The lowest BCUT2D eigenvalue weighted by atomic mass is 9.64. The quantitative estimate of drug-likeness (QED) is 0.526. The van der Waals surface area contributed by atoms with Gasteiger partial charge in [0.15, 0.2) is 6.61 Å². The van der Waals surface area contributed by atoms with Gasteiger partial charge in [0.25, 0.3) is 0 Å². The van der Waals surface area contributed by atoms with Crippen LogP contribution in [0.2, 0.25) is 5.02 Å². The topological polar surface area (TPSA) is 59.2 Å². The van der Waals surface area contributed by atoms with E-state index in [1.54, 1.807) is 18.3 Å². The molecule has 3 aromatic rings. The third kappa shape index (κ3) is 2.80. The Labute approximate surface area is 156 Å². The molecule has 0 atom stereocenters. The van der Waals surface area contributed by atoms with Crippen LogP contribution in [0.15, 0.2) is 54.7 Å². The van der Waals surface area contributed by atoms with Gasteiger partial charge >= 0.3 is 5.97 Å². The maximum absolute atomic E-state index is 12.8. The van der Waals surface area contributed by atoms with Crippen molar-refractivity contribution >= 4 is 34.3 Å². The van der Waals surface area contributed by atoms with Gasteiger partial charge in [0.2, 0.25) is 5.78 Å². The molecule has 0 aliphatic heterocycles. The van der Waals surface area contributed by atoms with E-state index in [1.807, 2.05) is 36.4 Å². The molecule has 1 saturated carbocycles. The van der Waals surface area contributed by atoms with Gasteiger partial charge in [-0.1, -0.05) is 48.4 Å². The molecule has 0 spiro atoms. The van der Waals surface area contributed by atoms with E-state index in [0.717, 1.165) is 35.7 Å². The predicted octanol–water partition coefficient (Wildman–Crippen LogP) is 4.67. The molecule has 0 unspecified atom stereocenters. The molecule has 1 aliphatic rings. The number of carbonyl (C=O) groups is 2. The average molecular weight is 368 g/mol. The Morgan fingerprint density at radius 1 is 1.08 bits per heavy atom. The molecule has 1 aliphatic carbocycles. The first-order chi connectivity index (χ1) is 12.6. The Morgan fingerprint density at radius 3 is 2.50 bits per heavy atom. The van der Waals surface area contributed by atoms with Gasteiger partial charge in [-0.3, -0.25) is 9.59 Å². The molecule has 2 aromatic carbocycles. The zero-order valence-corrected chi connectivity index (χ0v) is 14.9. The number of rotatable bonds is 5. The lowest BCUT2D eigenvalue weighted by Gasteiger charge is -2.39. The number of hydrogen-bond donors (Lipinski definition) is 1. The summed E-state index contributed by atoms with van der Waals surface area (Å²) >= 11 is 5.95. The van der Waals surface area contributed by atoms with Crippen LogP contribution in [-0.2, 0) is 14.9 Å². The fraction of sp³-hybridized carbons (Fsp3) is 0.238. The Kier molecular flexibility index (Phi) is 4.29. The molecule has 5 heteroatoms. The van der Waals surface area contributed by atoms with Crippen LogP contribution in [0.4, 0.5) is 0 Å². The fourth-order valence-corrected chi connectivity index (χ4v) is 3.69. The summed E-state index contributed by atoms with van der Waals surface area (Å²) in [4.78, 5) is 28.3. The van der Waals surface area contributed by atoms with Gasteiger partial charge in [-0.25, -0.2) is 0 Å². The van der Waals surface area contributed by atoms with Gasteiger partial charge in [0.1, 0.15) is 0 Å². The van der Waals surface area contributed by atoms with E-state index >= 15 is 0 Å². The predicted molar refractivity (Wildman–Crippen MR) is 101 cm³/mol. The van der Waals surface area contributed by atoms with Crippen molar-refractivity contribution in [1.29, 1.82) is 0 Å². The monoisotopic (exact) mass is 367 g/mol. The summed E-state index contributed by atoms with van der Waals surface area (Å²) in [6.07, 6.45) is 4.09. The molecule has 0 saturated heterocycles. The average Bonchev–Trinajstić information content (AvgIpc) is 3.04.